The molecule has 10 heteroatoms. The third-order valence-corrected chi connectivity index (χ3v) is 3.59. The molecule has 1 heterocycles. The molecule has 5 nitrogen and oxygen atoms in total. The van der Waals surface area contributed by atoms with Crippen molar-refractivity contribution in [1.82, 2.24) is 5.32 Å². The van der Waals surface area contributed by atoms with Gasteiger partial charge in [-0.3, -0.25) is 14.9 Å². The number of imide groups is 2. The molecule has 0 bridgehead atoms. The lowest BCUT2D eigenvalue weighted by atomic mass is 10.1. The SMILES string of the molecule is O=C1Cc2c(ccc(F)c2Cl)N1C(=O)NC(=O)C(Cl)(Cl)Cl. The normalized spacial score (nSPS) is 14.1. The minimum absolute atomic E-state index is 0.0704. The average Bonchev–Trinajstić information content (AvgIpc) is 2.70. The van der Waals surface area contributed by atoms with Crippen molar-refractivity contribution < 1.29 is 18.8 Å². The van der Waals surface area contributed by atoms with E-state index in [1.807, 2.05) is 0 Å². The number of halogens is 5. The highest BCUT2D eigenvalue weighted by atomic mass is 35.6. The zero-order valence-electron chi connectivity index (χ0n) is 9.92. The lowest BCUT2D eigenvalue weighted by molar-refractivity contribution is -0.119. The van der Waals surface area contributed by atoms with E-state index in [9.17, 15) is 18.8 Å². The molecule has 2 rings (SSSR count). The number of hydrogen-bond acceptors (Lipinski definition) is 3. The molecule has 0 radical (unpaired) electrons. The van der Waals surface area contributed by atoms with Crippen LogP contribution < -0.4 is 10.2 Å². The van der Waals surface area contributed by atoms with Crippen LogP contribution in [-0.4, -0.2) is 21.6 Å². The van der Waals surface area contributed by atoms with Crippen LogP contribution in [0.5, 0.6) is 0 Å². The quantitative estimate of drug-likeness (QED) is 0.711. The first-order valence-electron chi connectivity index (χ1n) is 5.35. The number of nitrogens with zero attached hydrogens (tertiary/aromatic N) is 1. The van der Waals surface area contributed by atoms with Gasteiger partial charge < -0.3 is 0 Å². The van der Waals surface area contributed by atoms with Crippen LogP contribution in [0, 0.1) is 5.82 Å². The van der Waals surface area contributed by atoms with Gasteiger partial charge in [-0.15, -0.1) is 0 Å². The van der Waals surface area contributed by atoms with Gasteiger partial charge in [-0.2, -0.15) is 0 Å². The number of alkyl halides is 3. The van der Waals surface area contributed by atoms with Crippen LogP contribution in [0.15, 0.2) is 12.1 Å². The molecule has 0 aromatic heterocycles. The Balaban J connectivity index is 2.31. The maximum absolute atomic E-state index is 13.3. The molecule has 0 aliphatic carbocycles. The van der Waals surface area contributed by atoms with Crippen LogP contribution in [0.25, 0.3) is 0 Å². The number of carbonyl (C=O) groups excluding carboxylic acids is 3. The van der Waals surface area contributed by atoms with Gasteiger partial charge >= 0.3 is 6.03 Å². The fraction of sp³-hybridized carbons (Fsp3) is 0.182. The molecule has 1 aromatic carbocycles. The van der Waals surface area contributed by atoms with Gasteiger partial charge in [0.2, 0.25) is 5.91 Å². The summed E-state index contributed by atoms with van der Waals surface area (Å²) in [5.41, 5.74) is 0.221. The molecule has 0 saturated heterocycles. The maximum atomic E-state index is 13.3. The van der Waals surface area contributed by atoms with E-state index in [-0.39, 0.29) is 22.7 Å². The van der Waals surface area contributed by atoms with E-state index >= 15 is 0 Å². The second-order valence-electron chi connectivity index (χ2n) is 4.02. The fourth-order valence-corrected chi connectivity index (χ4v) is 2.14. The van der Waals surface area contributed by atoms with Gasteiger partial charge in [-0.1, -0.05) is 46.4 Å². The van der Waals surface area contributed by atoms with E-state index in [0.29, 0.717) is 4.90 Å². The monoisotopic (exact) mass is 372 g/mol. The molecule has 0 spiro atoms. The molecule has 1 N–H and O–H groups in total. The minimum Gasteiger partial charge on any atom is -0.274 e. The highest BCUT2D eigenvalue weighted by molar-refractivity contribution is 6.76. The highest BCUT2D eigenvalue weighted by Crippen LogP contribution is 2.36. The van der Waals surface area contributed by atoms with Crippen LogP contribution in [0.3, 0.4) is 0 Å². The average molecular weight is 374 g/mol. The second kappa shape index (κ2) is 5.61. The van der Waals surface area contributed by atoms with E-state index in [1.165, 1.54) is 6.07 Å². The Morgan fingerprint density at radius 2 is 1.90 bits per heavy atom. The lowest BCUT2D eigenvalue weighted by Crippen LogP contribution is -2.48. The minimum atomic E-state index is -2.36. The number of fused-ring (bicyclic) bond motifs is 1. The van der Waals surface area contributed by atoms with Crippen molar-refractivity contribution >= 4 is 69.9 Å². The Morgan fingerprint density at radius 1 is 1.29 bits per heavy atom. The standard InChI is InChI=1S/C11H5Cl4FN2O3/c12-8-4-3-7(19)18(6(4)2-1-5(8)16)10(21)17-9(20)11(13,14)15/h1-2H,3H2,(H,17,20,21). The molecular weight excluding hydrogens is 369 g/mol. The van der Waals surface area contributed by atoms with Crippen LogP contribution in [0.2, 0.25) is 5.02 Å². The molecule has 112 valence electrons. The Bertz CT molecular complexity index is 660. The number of anilines is 1. The molecule has 0 fully saturated rings. The number of rotatable bonds is 0. The van der Waals surface area contributed by atoms with E-state index in [0.717, 1.165) is 6.07 Å². The molecule has 0 atom stereocenters. The maximum Gasteiger partial charge on any atom is 0.335 e. The Hall–Kier alpha value is -1.08. The van der Waals surface area contributed by atoms with Crippen molar-refractivity contribution in [2.75, 3.05) is 4.90 Å². The summed E-state index contributed by atoms with van der Waals surface area (Å²) in [5, 5.41) is 1.50. The topological polar surface area (TPSA) is 66.5 Å². The number of nitrogens with one attached hydrogen (secondary N) is 1. The Kier molecular flexibility index (Phi) is 4.35. The smallest absolute Gasteiger partial charge is 0.274 e. The van der Waals surface area contributed by atoms with Crippen LogP contribution in [0.1, 0.15) is 5.56 Å². The molecule has 0 unspecified atom stereocenters. The van der Waals surface area contributed by atoms with Gasteiger partial charge in [0.15, 0.2) is 0 Å². The predicted molar refractivity (Wildman–Crippen MR) is 76.4 cm³/mol. The summed E-state index contributed by atoms with van der Waals surface area (Å²) in [6.07, 6.45) is -0.276. The van der Waals surface area contributed by atoms with Gasteiger partial charge in [0, 0.05) is 5.56 Å². The van der Waals surface area contributed by atoms with Crippen molar-refractivity contribution in [3.8, 4) is 0 Å². The van der Waals surface area contributed by atoms with Gasteiger partial charge in [-0.25, -0.2) is 14.1 Å². The predicted octanol–water partition coefficient (Wildman–Crippen LogP) is 2.97. The third kappa shape index (κ3) is 3.08. The molecule has 0 saturated carbocycles. The lowest BCUT2D eigenvalue weighted by Gasteiger charge is -2.17. The molecule has 4 amide bonds. The first kappa shape index (κ1) is 16.3. The fourth-order valence-electron chi connectivity index (χ4n) is 1.77. The molecular formula is C11H5Cl4FN2O3. The molecule has 21 heavy (non-hydrogen) atoms. The summed E-state index contributed by atoms with van der Waals surface area (Å²) in [7, 11) is 0. The van der Waals surface area contributed by atoms with Gasteiger partial charge in [-0.05, 0) is 12.1 Å². The second-order valence-corrected chi connectivity index (χ2v) is 6.68. The summed E-state index contributed by atoms with van der Waals surface area (Å²) < 4.78 is 11.0. The number of amides is 4. The van der Waals surface area contributed by atoms with Crippen molar-refractivity contribution in [3.63, 3.8) is 0 Å². The Labute approximate surface area is 137 Å². The molecule has 1 aromatic rings. The zero-order chi connectivity index (χ0) is 15.9. The zero-order valence-corrected chi connectivity index (χ0v) is 12.9. The van der Waals surface area contributed by atoms with E-state index in [4.69, 9.17) is 46.4 Å². The van der Waals surface area contributed by atoms with Gasteiger partial charge in [0.25, 0.3) is 9.70 Å². The number of hydrogen-bond donors (Lipinski definition) is 1. The van der Waals surface area contributed by atoms with Crippen molar-refractivity contribution in [2.24, 2.45) is 0 Å². The van der Waals surface area contributed by atoms with Gasteiger partial charge in [0.05, 0.1) is 17.1 Å². The summed E-state index contributed by atoms with van der Waals surface area (Å²) in [6, 6.07) is 1.08. The molecule has 1 aliphatic rings. The van der Waals surface area contributed by atoms with Crippen LogP contribution in [-0.2, 0) is 16.0 Å². The molecule has 1 aliphatic heterocycles. The summed E-state index contributed by atoms with van der Waals surface area (Å²) in [5.74, 6) is -2.62. The summed E-state index contributed by atoms with van der Waals surface area (Å²) in [4.78, 5) is 35.8. The first-order chi connectivity index (χ1) is 9.62. The summed E-state index contributed by atoms with van der Waals surface area (Å²) >= 11 is 21.7. The van der Waals surface area contributed by atoms with Crippen LogP contribution in [0.4, 0.5) is 14.9 Å². The first-order valence-corrected chi connectivity index (χ1v) is 6.86. The number of carbonyl (C=O) groups is 3. The van der Waals surface area contributed by atoms with Crippen molar-refractivity contribution in [1.29, 1.82) is 0 Å². The van der Waals surface area contributed by atoms with E-state index in [1.54, 1.807) is 5.32 Å². The van der Waals surface area contributed by atoms with Crippen LogP contribution >= 0.6 is 46.4 Å². The van der Waals surface area contributed by atoms with Crippen molar-refractivity contribution in [3.05, 3.63) is 28.5 Å². The third-order valence-electron chi connectivity index (χ3n) is 2.67. The largest absolute Gasteiger partial charge is 0.335 e. The summed E-state index contributed by atoms with van der Waals surface area (Å²) in [6.45, 7) is 0. The van der Waals surface area contributed by atoms with Crippen molar-refractivity contribution in [2.45, 2.75) is 10.2 Å². The Morgan fingerprint density at radius 3 is 2.48 bits per heavy atom. The van der Waals surface area contributed by atoms with E-state index < -0.39 is 27.5 Å². The highest BCUT2D eigenvalue weighted by Gasteiger charge is 2.38. The van der Waals surface area contributed by atoms with E-state index in [2.05, 4.69) is 0 Å². The number of urea groups is 1. The number of benzene rings is 1. The van der Waals surface area contributed by atoms with Gasteiger partial charge in [0.1, 0.15) is 5.82 Å².